The van der Waals surface area contributed by atoms with E-state index in [0.717, 1.165) is 12.0 Å². The highest BCUT2D eigenvalue weighted by molar-refractivity contribution is 5.99. The average molecular weight is 322 g/mol. The largest absolute Gasteiger partial charge is 0.512 e. The van der Waals surface area contributed by atoms with Crippen LogP contribution in [0.15, 0.2) is 54.3 Å². The van der Waals surface area contributed by atoms with E-state index in [9.17, 15) is 9.90 Å². The smallest absolute Gasteiger partial charge is 0.255 e. The number of nitrogens with zero attached hydrogens (tertiary/aromatic N) is 2. The molecule has 1 aromatic heterocycles. The molecule has 0 bridgehead atoms. The van der Waals surface area contributed by atoms with Gasteiger partial charge in [-0.2, -0.15) is 0 Å². The fraction of sp³-hybridized carbons (Fsp3) is 0.167. The number of rotatable bonds is 4. The van der Waals surface area contributed by atoms with Crippen LogP contribution in [0.2, 0.25) is 0 Å². The number of nitrogen functional groups attached to an aromatic ring is 1. The fourth-order valence-electron chi connectivity index (χ4n) is 2.47. The molecule has 0 radical (unpaired) electrons. The normalized spacial score (nSPS) is 13.8. The number of aromatic nitrogens is 2. The van der Waals surface area contributed by atoms with Crippen molar-refractivity contribution in [2.45, 2.75) is 19.4 Å². The molecule has 0 aliphatic heterocycles. The van der Waals surface area contributed by atoms with Crippen LogP contribution in [0.25, 0.3) is 5.57 Å². The van der Waals surface area contributed by atoms with Crippen molar-refractivity contribution in [2.75, 3.05) is 5.73 Å². The van der Waals surface area contributed by atoms with Gasteiger partial charge in [-0.05, 0) is 18.1 Å². The van der Waals surface area contributed by atoms with Crippen LogP contribution < -0.4 is 11.1 Å². The lowest BCUT2D eigenvalue weighted by Crippen LogP contribution is -2.24. The number of amides is 1. The Morgan fingerprint density at radius 2 is 2.04 bits per heavy atom. The summed E-state index contributed by atoms with van der Waals surface area (Å²) in [5.41, 5.74) is 8.03. The number of aliphatic hydroxyl groups excluding tert-OH is 1. The summed E-state index contributed by atoms with van der Waals surface area (Å²) in [5, 5.41) is 20.7. The van der Waals surface area contributed by atoms with Gasteiger partial charge in [-0.15, -0.1) is 10.2 Å². The van der Waals surface area contributed by atoms with E-state index in [1.165, 1.54) is 0 Å². The minimum atomic E-state index is -0.326. The first-order chi connectivity index (χ1) is 11.6. The molecule has 1 aromatic carbocycles. The molecule has 122 valence electrons. The average Bonchev–Trinajstić information content (AvgIpc) is 2.61. The van der Waals surface area contributed by atoms with Gasteiger partial charge in [-0.1, -0.05) is 42.5 Å². The number of allylic oxidation sites excluding steroid dienone is 4. The number of carbonyl (C=O) groups is 1. The molecular weight excluding hydrogens is 304 g/mol. The first kappa shape index (κ1) is 15.7. The summed E-state index contributed by atoms with van der Waals surface area (Å²) in [5.74, 6) is -0.0243. The third-order valence-corrected chi connectivity index (χ3v) is 3.78. The summed E-state index contributed by atoms with van der Waals surface area (Å²) in [6, 6.07) is 11.1. The Balaban J connectivity index is 1.81. The zero-order chi connectivity index (χ0) is 16.9. The van der Waals surface area contributed by atoms with Crippen molar-refractivity contribution in [1.82, 2.24) is 15.5 Å². The number of anilines is 1. The molecule has 6 heteroatoms. The molecule has 0 atom stereocenters. The van der Waals surface area contributed by atoms with Crippen LogP contribution in [-0.2, 0) is 6.54 Å². The zero-order valence-corrected chi connectivity index (χ0v) is 13.1. The van der Waals surface area contributed by atoms with E-state index >= 15 is 0 Å². The number of nitrogens with one attached hydrogen (secondary N) is 1. The van der Waals surface area contributed by atoms with Crippen molar-refractivity contribution in [3.63, 3.8) is 0 Å². The standard InChI is InChI=1S/C18H18N4O2/c19-17-14(18(24)20-11-12-6-2-1-3-7-12)10-15(21-22-17)13-8-4-5-9-16(13)23/h1-4,6-8,10,23H,5,9,11H2,(H2,19,22)(H,20,24). The van der Waals surface area contributed by atoms with E-state index in [0.29, 0.717) is 24.2 Å². The van der Waals surface area contributed by atoms with E-state index in [-0.39, 0.29) is 23.0 Å². The van der Waals surface area contributed by atoms with Crippen molar-refractivity contribution in [3.8, 4) is 0 Å². The van der Waals surface area contributed by atoms with E-state index < -0.39 is 0 Å². The van der Waals surface area contributed by atoms with Gasteiger partial charge in [0.1, 0.15) is 5.76 Å². The lowest BCUT2D eigenvalue weighted by molar-refractivity contribution is 0.0951. The van der Waals surface area contributed by atoms with E-state index in [2.05, 4.69) is 15.5 Å². The second kappa shape index (κ2) is 6.95. The lowest BCUT2D eigenvalue weighted by atomic mass is 10.0. The maximum Gasteiger partial charge on any atom is 0.255 e. The van der Waals surface area contributed by atoms with Gasteiger partial charge >= 0.3 is 0 Å². The number of hydrogen-bond acceptors (Lipinski definition) is 5. The minimum Gasteiger partial charge on any atom is -0.512 e. The summed E-state index contributed by atoms with van der Waals surface area (Å²) < 4.78 is 0. The predicted octanol–water partition coefficient (Wildman–Crippen LogP) is 2.61. The van der Waals surface area contributed by atoms with E-state index in [4.69, 9.17) is 5.73 Å². The Kier molecular flexibility index (Phi) is 4.56. The summed E-state index contributed by atoms with van der Waals surface area (Å²) in [7, 11) is 0. The van der Waals surface area contributed by atoms with Crippen LogP contribution >= 0.6 is 0 Å². The highest BCUT2D eigenvalue weighted by Crippen LogP contribution is 2.25. The van der Waals surface area contributed by atoms with Crippen molar-refractivity contribution in [2.24, 2.45) is 0 Å². The summed E-state index contributed by atoms with van der Waals surface area (Å²) >= 11 is 0. The molecule has 0 spiro atoms. The summed E-state index contributed by atoms with van der Waals surface area (Å²) in [6.45, 7) is 0.393. The molecule has 1 aliphatic rings. The first-order valence-corrected chi connectivity index (χ1v) is 7.69. The van der Waals surface area contributed by atoms with Gasteiger partial charge in [0.2, 0.25) is 0 Å². The quantitative estimate of drug-likeness (QED) is 0.803. The van der Waals surface area contributed by atoms with Gasteiger partial charge in [0.15, 0.2) is 5.82 Å². The Hall–Kier alpha value is -3.15. The van der Waals surface area contributed by atoms with Crippen LogP contribution in [-0.4, -0.2) is 21.2 Å². The van der Waals surface area contributed by atoms with Crippen LogP contribution in [0.5, 0.6) is 0 Å². The molecule has 0 saturated carbocycles. The molecule has 24 heavy (non-hydrogen) atoms. The Morgan fingerprint density at radius 1 is 1.25 bits per heavy atom. The Labute approximate surface area is 139 Å². The van der Waals surface area contributed by atoms with Gasteiger partial charge < -0.3 is 16.2 Å². The molecule has 6 nitrogen and oxygen atoms in total. The maximum absolute atomic E-state index is 12.4. The number of hydrogen-bond donors (Lipinski definition) is 3. The van der Waals surface area contributed by atoms with Gasteiger partial charge in [-0.3, -0.25) is 4.79 Å². The Morgan fingerprint density at radius 3 is 2.79 bits per heavy atom. The number of carbonyl (C=O) groups excluding carboxylic acids is 1. The predicted molar refractivity (Wildman–Crippen MR) is 92.0 cm³/mol. The van der Waals surface area contributed by atoms with Crippen LogP contribution in [0, 0.1) is 0 Å². The highest BCUT2D eigenvalue weighted by atomic mass is 16.3. The first-order valence-electron chi connectivity index (χ1n) is 7.69. The van der Waals surface area contributed by atoms with Gasteiger partial charge in [-0.25, -0.2) is 0 Å². The molecule has 1 heterocycles. The fourth-order valence-corrected chi connectivity index (χ4v) is 2.47. The van der Waals surface area contributed by atoms with Crippen LogP contribution in [0.4, 0.5) is 5.82 Å². The summed E-state index contributed by atoms with van der Waals surface area (Å²) in [4.78, 5) is 12.4. The third kappa shape index (κ3) is 3.43. The zero-order valence-electron chi connectivity index (χ0n) is 13.1. The van der Waals surface area contributed by atoms with E-state index in [1.54, 1.807) is 12.1 Å². The number of aliphatic hydroxyl groups is 1. The van der Waals surface area contributed by atoms with Gasteiger partial charge in [0.05, 0.1) is 11.3 Å². The van der Waals surface area contributed by atoms with Crippen molar-refractivity contribution < 1.29 is 9.90 Å². The van der Waals surface area contributed by atoms with E-state index in [1.807, 2.05) is 36.4 Å². The van der Waals surface area contributed by atoms with Crippen molar-refractivity contribution in [1.29, 1.82) is 0 Å². The second-order valence-corrected chi connectivity index (χ2v) is 5.50. The molecule has 0 fully saturated rings. The topological polar surface area (TPSA) is 101 Å². The number of benzene rings is 1. The third-order valence-electron chi connectivity index (χ3n) is 3.78. The lowest BCUT2D eigenvalue weighted by Gasteiger charge is -2.12. The summed E-state index contributed by atoms with van der Waals surface area (Å²) in [6.07, 6.45) is 5.06. The number of nitrogens with two attached hydrogens (primary N) is 1. The molecule has 0 unspecified atom stereocenters. The molecule has 3 rings (SSSR count). The van der Waals surface area contributed by atoms with Gasteiger partial charge in [0.25, 0.3) is 5.91 Å². The van der Waals surface area contributed by atoms with Gasteiger partial charge in [0, 0.05) is 18.5 Å². The van der Waals surface area contributed by atoms with Crippen molar-refractivity contribution >= 4 is 17.3 Å². The van der Waals surface area contributed by atoms with Crippen LogP contribution in [0.1, 0.15) is 34.5 Å². The molecular formula is C18H18N4O2. The minimum absolute atomic E-state index is 0.0594. The molecule has 4 N–H and O–H groups in total. The molecule has 2 aromatic rings. The Bertz CT molecular complexity index is 813. The van der Waals surface area contributed by atoms with Crippen molar-refractivity contribution in [3.05, 3.63) is 71.1 Å². The highest BCUT2D eigenvalue weighted by Gasteiger charge is 2.17. The SMILES string of the molecule is Nc1nnc(C2=C(O)CCC=C2)cc1C(=O)NCc1ccccc1. The monoisotopic (exact) mass is 322 g/mol. The molecule has 1 amide bonds. The maximum atomic E-state index is 12.4. The molecule has 0 saturated heterocycles. The second-order valence-electron chi connectivity index (χ2n) is 5.50. The van der Waals surface area contributed by atoms with Crippen LogP contribution in [0.3, 0.4) is 0 Å². The molecule has 1 aliphatic carbocycles.